The van der Waals surface area contributed by atoms with Crippen LogP contribution in [0.5, 0.6) is 5.75 Å². The van der Waals surface area contributed by atoms with Crippen LogP contribution in [0.3, 0.4) is 0 Å². The van der Waals surface area contributed by atoms with Gasteiger partial charge in [0, 0.05) is 34.8 Å². The lowest BCUT2D eigenvalue weighted by Crippen LogP contribution is -2.33. The van der Waals surface area contributed by atoms with Crippen molar-refractivity contribution in [3.05, 3.63) is 69.0 Å². The third-order valence-electron chi connectivity index (χ3n) is 4.94. The zero-order valence-corrected chi connectivity index (χ0v) is 18.1. The highest BCUT2D eigenvalue weighted by atomic mass is 35.5. The molecule has 30 heavy (non-hydrogen) atoms. The highest BCUT2D eigenvalue weighted by Crippen LogP contribution is 2.27. The number of anilines is 1. The predicted molar refractivity (Wildman–Crippen MR) is 119 cm³/mol. The van der Waals surface area contributed by atoms with Gasteiger partial charge in [-0.05, 0) is 48.4 Å². The van der Waals surface area contributed by atoms with E-state index in [1.165, 1.54) is 6.07 Å². The second-order valence-electron chi connectivity index (χ2n) is 6.97. The minimum absolute atomic E-state index is 0.149. The molecule has 3 aromatic rings. The fraction of sp³-hybridized carbons (Fsp3) is 0.304. The maximum atomic E-state index is 12.5. The monoisotopic (exact) mass is 428 g/mol. The third kappa shape index (κ3) is 5.20. The number of amides is 1. The summed E-state index contributed by atoms with van der Waals surface area (Å²) >= 11 is 6.38. The van der Waals surface area contributed by atoms with Gasteiger partial charge in [-0.1, -0.05) is 31.5 Å². The predicted octanol–water partition coefficient (Wildman–Crippen LogP) is 4.48. The Balaban J connectivity index is 1.79. The minimum Gasteiger partial charge on any atom is -0.497 e. The molecule has 6 nitrogen and oxygen atoms in total. The van der Waals surface area contributed by atoms with Crippen LogP contribution in [0.15, 0.2) is 51.7 Å². The zero-order chi connectivity index (χ0) is 21.7. The second-order valence-corrected chi connectivity index (χ2v) is 7.37. The number of ether oxygens (including phenoxy) is 1. The first-order valence-electron chi connectivity index (χ1n) is 9.84. The lowest BCUT2D eigenvalue weighted by molar-refractivity contribution is -0.117. The molecular formula is C23H25ClN2O4. The summed E-state index contributed by atoms with van der Waals surface area (Å²) in [6, 6.07) is 12.3. The van der Waals surface area contributed by atoms with Gasteiger partial charge >= 0.3 is 5.63 Å². The Kier molecular flexibility index (Phi) is 7.13. The first-order chi connectivity index (χ1) is 14.4. The Bertz CT molecular complexity index is 1110. The Morgan fingerprint density at radius 2 is 1.97 bits per heavy atom. The molecule has 1 aromatic heterocycles. The number of likely N-dealkylation sites (N-methyl/N-ethyl adjacent to an activating group) is 1. The van der Waals surface area contributed by atoms with Crippen LogP contribution in [-0.2, 0) is 17.8 Å². The number of benzene rings is 2. The van der Waals surface area contributed by atoms with Crippen LogP contribution in [0, 0.1) is 0 Å². The molecule has 0 aliphatic carbocycles. The Morgan fingerprint density at radius 3 is 2.67 bits per heavy atom. The van der Waals surface area contributed by atoms with Gasteiger partial charge in [0.2, 0.25) is 5.91 Å². The van der Waals surface area contributed by atoms with Gasteiger partial charge in [-0.25, -0.2) is 4.79 Å². The summed E-state index contributed by atoms with van der Waals surface area (Å²) in [4.78, 5) is 26.6. The van der Waals surface area contributed by atoms with E-state index in [0.717, 1.165) is 22.9 Å². The lowest BCUT2D eigenvalue weighted by atomic mass is 10.1. The van der Waals surface area contributed by atoms with E-state index in [1.807, 2.05) is 43.0 Å². The number of nitrogens with zero attached hydrogens (tertiary/aromatic N) is 1. The summed E-state index contributed by atoms with van der Waals surface area (Å²) in [7, 11) is 1.58. The molecule has 0 radical (unpaired) electrons. The first-order valence-corrected chi connectivity index (χ1v) is 10.2. The normalized spacial score (nSPS) is 11.1. The molecular weight excluding hydrogens is 404 g/mol. The SMILES string of the molecule is CCc1cc2oc(=O)cc(CN(CC)CC(=O)Nc3cccc(OC)c3)c2cc1Cl. The van der Waals surface area contributed by atoms with Gasteiger partial charge in [-0.2, -0.15) is 0 Å². The molecule has 2 aromatic carbocycles. The number of nitrogens with one attached hydrogen (secondary N) is 1. The molecule has 0 bridgehead atoms. The number of methoxy groups -OCH3 is 1. The van der Waals surface area contributed by atoms with Crippen molar-refractivity contribution < 1.29 is 13.9 Å². The fourth-order valence-electron chi connectivity index (χ4n) is 3.32. The number of hydrogen-bond donors (Lipinski definition) is 1. The van der Waals surface area contributed by atoms with Crippen LogP contribution < -0.4 is 15.7 Å². The van der Waals surface area contributed by atoms with Crippen LogP contribution >= 0.6 is 11.6 Å². The summed E-state index contributed by atoms with van der Waals surface area (Å²) < 4.78 is 10.6. The van der Waals surface area contributed by atoms with Crippen molar-refractivity contribution in [2.75, 3.05) is 25.5 Å². The van der Waals surface area contributed by atoms with E-state index in [4.69, 9.17) is 20.8 Å². The molecule has 158 valence electrons. The van der Waals surface area contributed by atoms with Gasteiger partial charge in [0.05, 0.1) is 13.7 Å². The van der Waals surface area contributed by atoms with Crippen LogP contribution in [0.4, 0.5) is 5.69 Å². The van der Waals surface area contributed by atoms with Crippen LogP contribution in [0.1, 0.15) is 25.0 Å². The van der Waals surface area contributed by atoms with E-state index in [-0.39, 0.29) is 12.5 Å². The molecule has 1 N–H and O–H groups in total. The molecule has 1 heterocycles. The maximum Gasteiger partial charge on any atom is 0.336 e. The first kappa shape index (κ1) is 21.9. The highest BCUT2D eigenvalue weighted by molar-refractivity contribution is 6.32. The molecule has 0 spiro atoms. The Morgan fingerprint density at radius 1 is 1.17 bits per heavy atom. The Hall–Kier alpha value is -2.83. The third-order valence-corrected chi connectivity index (χ3v) is 5.29. The molecule has 0 aliphatic heterocycles. The average molecular weight is 429 g/mol. The largest absolute Gasteiger partial charge is 0.497 e. The van der Waals surface area contributed by atoms with Gasteiger partial charge in [-0.3, -0.25) is 9.69 Å². The van der Waals surface area contributed by atoms with Gasteiger partial charge in [-0.15, -0.1) is 0 Å². The summed E-state index contributed by atoms with van der Waals surface area (Å²) in [5.41, 5.74) is 2.46. The van der Waals surface area contributed by atoms with Crippen molar-refractivity contribution in [3.63, 3.8) is 0 Å². The smallest absolute Gasteiger partial charge is 0.336 e. The van der Waals surface area contributed by atoms with Crippen LogP contribution in [0.2, 0.25) is 5.02 Å². The van der Waals surface area contributed by atoms with Gasteiger partial charge in [0.15, 0.2) is 0 Å². The summed E-state index contributed by atoms with van der Waals surface area (Å²) in [6.45, 7) is 5.19. The van der Waals surface area contributed by atoms with Gasteiger partial charge in [0.25, 0.3) is 0 Å². The molecule has 0 atom stereocenters. The van der Waals surface area contributed by atoms with Crippen molar-refractivity contribution in [3.8, 4) is 5.75 Å². The standard InChI is InChI=1S/C23H25ClN2O4/c1-4-15-9-21-19(12-20(15)24)16(10-23(28)30-21)13-26(5-2)14-22(27)25-17-7-6-8-18(11-17)29-3/h6-12H,4-5,13-14H2,1-3H3,(H,25,27). The van der Waals surface area contributed by atoms with E-state index in [9.17, 15) is 9.59 Å². The second kappa shape index (κ2) is 9.78. The topological polar surface area (TPSA) is 71.8 Å². The van der Waals surface area contributed by atoms with E-state index < -0.39 is 5.63 Å². The number of halogens is 1. The van der Waals surface area contributed by atoms with E-state index in [1.54, 1.807) is 19.2 Å². The molecule has 0 aliphatic rings. The number of hydrogen-bond acceptors (Lipinski definition) is 5. The van der Waals surface area contributed by atoms with Gasteiger partial charge in [0.1, 0.15) is 11.3 Å². The number of fused-ring (bicyclic) bond motifs is 1. The summed E-state index contributed by atoms with van der Waals surface area (Å²) in [5, 5.41) is 4.30. The van der Waals surface area contributed by atoms with Gasteiger partial charge < -0.3 is 14.5 Å². The summed E-state index contributed by atoms with van der Waals surface area (Å²) in [6.07, 6.45) is 0.744. The minimum atomic E-state index is -0.418. The summed E-state index contributed by atoms with van der Waals surface area (Å²) in [5.74, 6) is 0.523. The lowest BCUT2D eigenvalue weighted by Gasteiger charge is -2.21. The number of carbonyl (C=O) groups excluding carboxylic acids is 1. The quantitative estimate of drug-likeness (QED) is 0.535. The van der Waals surface area contributed by atoms with Crippen molar-refractivity contribution in [2.24, 2.45) is 0 Å². The number of aryl methyl sites for hydroxylation is 1. The zero-order valence-electron chi connectivity index (χ0n) is 17.3. The van der Waals surface area contributed by atoms with E-state index in [2.05, 4.69) is 5.32 Å². The molecule has 1 amide bonds. The average Bonchev–Trinajstić information content (AvgIpc) is 2.73. The van der Waals surface area contributed by atoms with Crippen LogP contribution in [-0.4, -0.2) is 31.0 Å². The molecule has 3 rings (SSSR count). The molecule has 0 saturated heterocycles. The molecule has 0 unspecified atom stereocenters. The van der Waals surface area contributed by atoms with Crippen molar-refractivity contribution in [2.45, 2.75) is 26.8 Å². The molecule has 0 fully saturated rings. The molecule has 0 saturated carbocycles. The Labute approximate surface area is 180 Å². The fourth-order valence-corrected chi connectivity index (χ4v) is 3.61. The highest BCUT2D eigenvalue weighted by Gasteiger charge is 2.15. The number of carbonyl (C=O) groups is 1. The van der Waals surface area contributed by atoms with Crippen molar-refractivity contribution in [1.29, 1.82) is 0 Å². The molecule has 7 heteroatoms. The maximum absolute atomic E-state index is 12.5. The van der Waals surface area contributed by atoms with Crippen LogP contribution in [0.25, 0.3) is 11.0 Å². The van der Waals surface area contributed by atoms with E-state index >= 15 is 0 Å². The van der Waals surface area contributed by atoms with E-state index in [0.29, 0.717) is 35.1 Å². The van der Waals surface area contributed by atoms with Crippen molar-refractivity contribution in [1.82, 2.24) is 4.90 Å². The van der Waals surface area contributed by atoms with Crippen molar-refractivity contribution >= 4 is 34.2 Å². The number of rotatable bonds is 8.